The van der Waals surface area contributed by atoms with E-state index in [0.717, 1.165) is 23.0 Å². The minimum Gasteiger partial charge on any atom is -0.489 e. The van der Waals surface area contributed by atoms with Crippen molar-refractivity contribution in [2.24, 2.45) is 0 Å². The van der Waals surface area contributed by atoms with Gasteiger partial charge in [0.2, 0.25) is 5.91 Å². The minimum absolute atomic E-state index is 0.0378. The summed E-state index contributed by atoms with van der Waals surface area (Å²) in [5.74, 6) is -1.38. The summed E-state index contributed by atoms with van der Waals surface area (Å²) in [6.07, 6.45) is 4.50. The van der Waals surface area contributed by atoms with Gasteiger partial charge in [-0.2, -0.15) is 0 Å². The molecule has 1 aromatic heterocycles. The largest absolute Gasteiger partial charge is 0.489 e. The molecule has 2 aliphatic heterocycles. The Labute approximate surface area is 233 Å². The molecule has 6 nitrogen and oxygen atoms in total. The molecule has 5 rings (SSSR count). The van der Waals surface area contributed by atoms with Gasteiger partial charge in [0.1, 0.15) is 29.2 Å². The third-order valence-electron chi connectivity index (χ3n) is 7.64. The van der Waals surface area contributed by atoms with E-state index in [4.69, 9.17) is 4.74 Å². The fourth-order valence-corrected chi connectivity index (χ4v) is 5.86. The molecule has 0 saturated carbocycles. The zero-order valence-corrected chi connectivity index (χ0v) is 23.5. The van der Waals surface area contributed by atoms with Crippen LogP contribution in [-0.2, 0) is 11.2 Å². The van der Waals surface area contributed by atoms with E-state index in [1.807, 2.05) is 35.2 Å². The molecule has 1 amide bonds. The van der Waals surface area contributed by atoms with Gasteiger partial charge in [0, 0.05) is 87.2 Å². The van der Waals surface area contributed by atoms with Gasteiger partial charge < -0.3 is 14.6 Å². The van der Waals surface area contributed by atoms with Crippen molar-refractivity contribution < 1.29 is 22.7 Å². The van der Waals surface area contributed by atoms with Gasteiger partial charge >= 0.3 is 0 Å². The number of likely N-dealkylation sites (N-methyl/N-ethyl adjacent to an activating group) is 1. The van der Waals surface area contributed by atoms with E-state index in [0.29, 0.717) is 38.2 Å². The number of rotatable bonds is 8. The number of benzene rings is 2. The first kappa shape index (κ1) is 28.2. The second-order valence-electron chi connectivity index (χ2n) is 11.6. The van der Waals surface area contributed by atoms with E-state index in [9.17, 15) is 9.18 Å². The molecule has 2 aliphatic rings. The summed E-state index contributed by atoms with van der Waals surface area (Å²) in [7, 11) is 3.39. The Hall–Kier alpha value is -3.30. The Kier molecular flexibility index (Phi) is 7.97. The number of hydrogen-bond donors (Lipinski definition) is 1. The highest BCUT2D eigenvalue weighted by Crippen LogP contribution is 2.42. The number of alkyl halides is 1. The molecule has 9 heteroatoms. The SMILES string of the molecule is CN(C)C(=O)/C=C/CN1CCC(Oc2cc(F)c(C3c4[nH]c5ccccc5c4CCN3CC(C)(C)F)c(F)c2)C1. The smallest absolute Gasteiger partial charge is 0.245 e. The van der Waals surface area contributed by atoms with E-state index < -0.39 is 23.3 Å². The quantitative estimate of drug-likeness (QED) is 0.387. The molecule has 214 valence electrons. The molecular weight excluding hydrogens is 517 g/mol. The van der Waals surface area contributed by atoms with Crippen LogP contribution in [0.4, 0.5) is 13.2 Å². The van der Waals surface area contributed by atoms with Crippen molar-refractivity contribution in [2.75, 3.05) is 46.8 Å². The molecule has 1 saturated heterocycles. The summed E-state index contributed by atoms with van der Waals surface area (Å²) in [5.41, 5.74) is 0.968. The third-order valence-corrected chi connectivity index (χ3v) is 7.64. The first-order chi connectivity index (χ1) is 19.0. The number of amides is 1. The lowest BCUT2D eigenvalue weighted by Crippen LogP contribution is -2.43. The number of nitrogens with zero attached hydrogens (tertiary/aromatic N) is 3. The fraction of sp³-hybridized carbons (Fsp3) is 0.452. The van der Waals surface area contributed by atoms with Crippen molar-refractivity contribution in [3.8, 4) is 5.75 Å². The van der Waals surface area contributed by atoms with Crippen LogP contribution in [0.5, 0.6) is 5.75 Å². The molecule has 0 aliphatic carbocycles. The molecule has 3 aromatic rings. The Bertz CT molecular complexity index is 1390. The maximum atomic E-state index is 15.8. The van der Waals surface area contributed by atoms with Crippen LogP contribution in [0.3, 0.4) is 0 Å². The van der Waals surface area contributed by atoms with Gasteiger partial charge in [-0.15, -0.1) is 0 Å². The molecule has 0 spiro atoms. The number of para-hydroxylation sites is 1. The Morgan fingerprint density at radius 3 is 2.60 bits per heavy atom. The number of aromatic nitrogens is 1. The Morgan fingerprint density at radius 2 is 1.90 bits per heavy atom. The van der Waals surface area contributed by atoms with Gasteiger partial charge in [-0.3, -0.25) is 14.6 Å². The van der Waals surface area contributed by atoms with E-state index in [2.05, 4.69) is 9.88 Å². The Balaban J connectivity index is 1.38. The maximum Gasteiger partial charge on any atom is 0.245 e. The average molecular weight is 555 g/mol. The molecule has 2 unspecified atom stereocenters. The maximum absolute atomic E-state index is 15.8. The number of likely N-dealkylation sites (tertiary alicyclic amines) is 1. The molecule has 40 heavy (non-hydrogen) atoms. The first-order valence-corrected chi connectivity index (χ1v) is 13.8. The summed E-state index contributed by atoms with van der Waals surface area (Å²) in [6.45, 7) is 5.42. The lowest BCUT2D eigenvalue weighted by Gasteiger charge is -2.38. The van der Waals surface area contributed by atoms with Crippen LogP contribution in [0.2, 0.25) is 0 Å². The summed E-state index contributed by atoms with van der Waals surface area (Å²) in [6, 6.07) is 9.50. The number of fused-ring (bicyclic) bond motifs is 3. The highest BCUT2D eigenvalue weighted by molar-refractivity contribution is 5.87. The van der Waals surface area contributed by atoms with Gasteiger partial charge in [0.25, 0.3) is 0 Å². The second kappa shape index (κ2) is 11.3. The summed E-state index contributed by atoms with van der Waals surface area (Å²) >= 11 is 0. The van der Waals surface area contributed by atoms with Gasteiger partial charge in [-0.25, -0.2) is 13.2 Å². The van der Waals surface area contributed by atoms with Crippen LogP contribution in [0.25, 0.3) is 10.9 Å². The van der Waals surface area contributed by atoms with Crippen molar-refractivity contribution in [1.82, 2.24) is 19.7 Å². The zero-order chi connectivity index (χ0) is 28.6. The van der Waals surface area contributed by atoms with Gasteiger partial charge in [0.15, 0.2) is 0 Å². The summed E-state index contributed by atoms with van der Waals surface area (Å²) < 4.78 is 52.4. The van der Waals surface area contributed by atoms with Crippen LogP contribution < -0.4 is 4.74 Å². The molecular formula is C31H37F3N4O2. The van der Waals surface area contributed by atoms with Gasteiger partial charge in [0.05, 0.1) is 6.04 Å². The van der Waals surface area contributed by atoms with Crippen molar-refractivity contribution in [3.63, 3.8) is 0 Å². The van der Waals surface area contributed by atoms with Crippen molar-refractivity contribution in [1.29, 1.82) is 0 Å². The number of carbonyl (C=O) groups is 1. The first-order valence-electron chi connectivity index (χ1n) is 13.8. The zero-order valence-electron chi connectivity index (χ0n) is 23.5. The van der Waals surface area contributed by atoms with Crippen molar-refractivity contribution in [3.05, 3.63) is 77.0 Å². The lowest BCUT2D eigenvalue weighted by molar-refractivity contribution is -0.123. The number of hydrogen-bond acceptors (Lipinski definition) is 4. The summed E-state index contributed by atoms with van der Waals surface area (Å²) in [4.78, 5) is 20.6. The summed E-state index contributed by atoms with van der Waals surface area (Å²) in [5, 5.41) is 1.02. The molecule has 1 fully saturated rings. The number of aromatic amines is 1. The van der Waals surface area contributed by atoms with Crippen molar-refractivity contribution >= 4 is 16.8 Å². The predicted molar refractivity (Wildman–Crippen MR) is 150 cm³/mol. The highest BCUT2D eigenvalue weighted by Gasteiger charge is 2.38. The van der Waals surface area contributed by atoms with Crippen LogP contribution in [-0.4, -0.2) is 84.2 Å². The molecule has 1 N–H and O–H groups in total. The molecule has 3 heterocycles. The Morgan fingerprint density at radius 1 is 1.18 bits per heavy atom. The van der Waals surface area contributed by atoms with Crippen LogP contribution >= 0.6 is 0 Å². The normalized spacial score (nSPS) is 20.4. The standard InChI is InChI=1S/C31H37F3N4O2/c1-31(2,34)19-38-15-12-23-22-8-5-6-9-26(22)35-29(23)30(38)28-24(32)16-21(17-25(28)33)40-20-11-14-37(18-20)13-7-10-27(39)36(3)4/h5-10,16-17,20,30,35H,11-15,18-19H2,1-4H3/b10-7+. The van der Waals surface area contributed by atoms with E-state index in [1.54, 1.807) is 14.1 Å². The number of ether oxygens (including phenoxy) is 1. The molecule has 0 bridgehead atoms. The lowest BCUT2D eigenvalue weighted by atomic mass is 9.90. The molecule has 2 atom stereocenters. The minimum atomic E-state index is -1.54. The third kappa shape index (κ3) is 6.05. The number of nitrogens with one attached hydrogen (secondary N) is 1. The number of carbonyl (C=O) groups excluding carboxylic acids is 1. The monoisotopic (exact) mass is 554 g/mol. The number of H-pyrrole nitrogens is 1. The highest BCUT2D eigenvalue weighted by atomic mass is 19.1. The molecule has 0 radical (unpaired) electrons. The second-order valence-corrected chi connectivity index (χ2v) is 11.6. The topological polar surface area (TPSA) is 51.8 Å². The van der Waals surface area contributed by atoms with E-state index in [1.165, 1.54) is 37.0 Å². The van der Waals surface area contributed by atoms with Crippen molar-refractivity contribution in [2.45, 2.75) is 44.5 Å². The average Bonchev–Trinajstić information content (AvgIpc) is 3.47. The van der Waals surface area contributed by atoms with Crippen LogP contribution in [0, 0.1) is 11.6 Å². The van der Waals surface area contributed by atoms with Gasteiger partial charge in [-0.05, 0) is 38.3 Å². The van der Waals surface area contributed by atoms with E-state index >= 15 is 8.78 Å². The van der Waals surface area contributed by atoms with Gasteiger partial charge in [-0.1, -0.05) is 24.3 Å². The molecule has 2 aromatic carbocycles. The van der Waals surface area contributed by atoms with Crippen LogP contribution in [0.1, 0.15) is 43.1 Å². The van der Waals surface area contributed by atoms with Crippen LogP contribution in [0.15, 0.2) is 48.6 Å². The number of halogens is 3. The fourth-order valence-electron chi connectivity index (χ4n) is 5.86. The van der Waals surface area contributed by atoms with E-state index in [-0.39, 0.29) is 29.9 Å². The predicted octanol–water partition coefficient (Wildman–Crippen LogP) is 5.24.